The van der Waals surface area contributed by atoms with Gasteiger partial charge in [-0.3, -0.25) is 0 Å². The van der Waals surface area contributed by atoms with E-state index in [1.54, 1.807) is 0 Å². The van der Waals surface area contributed by atoms with Gasteiger partial charge in [-0.25, -0.2) is 4.79 Å². The summed E-state index contributed by atoms with van der Waals surface area (Å²) < 4.78 is 0.943. The van der Waals surface area contributed by atoms with E-state index >= 15 is 0 Å². The van der Waals surface area contributed by atoms with Crippen LogP contribution in [0.15, 0.2) is 46.9 Å². The number of benzene rings is 2. The van der Waals surface area contributed by atoms with Crippen molar-refractivity contribution in [2.45, 2.75) is 13.8 Å². The van der Waals surface area contributed by atoms with E-state index in [2.05, 4.69) is 26.6 Å². The number of hydrogen-bond acceptors (Lipinski definition) is 1. The summed E-state index contributed by atoms with van der Waals surface area (Å²) in [7, 11) is 0. The van der Waals surface area contributed by atoms with E-state index in [1.165, 1.54) is 0 Å². The number of anilines is 2. The Bertz CT molecular complexity index is 573. The molecule has 0 saturated heterocycles. The quantitative estimate of drug-likeness (QED) is 0.827. The lowest BCUT2D eigenvalue weighted by atomic mass is 10.2. The first-order valence-electron chi connectivity index (χ1n) is 5.95. The molecule has 4 heteroatoms. The number of amides is 2. The minimum atomic E-state index is -0.249. The highest BCUT2D eigenvalue weighted by molar-refractivity contribution is 9.10. The van der Waals surface area contributed by atoms with Gasteiger partial charge in [0.2, 0.25) is 0 Å². The molecule has 3 nitrogen and oxygen atoms in total. The molecule has 0 atom stereocenters. The molecule has 2 amide bonds. The molecular weight excluding hydrogens is 304 g/mol. The number of carbonyl (C=O) groups excluding carboxylic acids is 1. The Morgan fingerprint density at radius 3 is 2.16 bits per heavy atom. The zero-order valence-corrected chi connectivity index (χ0v) is 12.4. The molecule has 0 aliphatic heterocycles. The molecule has 0 saturated carbocycles. The van der Waals surface area contributed by atoms with Gasteiger partial charge in [0, 0.05) is 15.8 Å². The Morgan fingerprint density at radius 2 is 1.53 bits per heavy atom. The van der Waals surface area contributed by atoms with E-state index < -0.39 is 0 Å². The molecule has 98 valence electrons. The summed E-state index contributed by atoms with van der Waals surface area (Å²) in [6.07, 6.45) is 0. The second-order valence-electron chi connectivity index (χ2n) is 4.46. The Balaban J connectivity index is 2.03. The van der Waals surface area contributed by atoms with Crippen molar-refractivity contribution < 1.29 is 4.79 Å². The van der Waals surface area contributed by atoms with E-state index in [0.29, 0.717) is 0 Å². The SMILES string of the molecule is Cc1ccc(NC(=O)Nc2cc(C)cc(Br)c2)cc1. The smallest absolute Gasteiger partial charge is 0.308 e. The third-order valence-corrected chi connectivity index (χ3v) is 3.07. The summed E-state index contributed by atoms with van der Waals surface area (Å²) in [5.41, 5.74) is 3.78. The number of hydrogen-bond donors (Lipinski definition) is 2. The van der Waals surface area contributed by atoms with Gasteiger partial charge in [-0.15, -0.1) is 0 Å². The van der Waals surface area contributed by atoms with Gasteiger partial charge in [0.05, 0.1) is 0 Å². The first kappa shape index (κ1) is 13.6. The number of rotatable bonds is 2. The molecule has 2 rings (SSSR count). The van der Waals surface area contributed by atoms with Gasteiger partial charge in [-0.1, -0.05) is 33.6 Å². The molecule has 0 unspecified atom stereocenters. The summed E-state index contributed by atoms with van der Waals surface area (Å²) in [6, 6.07) is 13.2. The largest absolute Gasteiger partial charge is 0.323 e. The Kier molecular flexibility index (Phi) is 4.22. The van der Waals surface area contributed by atoms with Crippen molar-refractivity contribution in [2.75, 3.05) is 10.6 Å². The summed E-state index contributed by atoms with van der Waals surface area (Å²) >= 11 is 3.41. The average molecular weight is 319 g/mol. The topological polar surface area (TPSA) is 41.1 Å². The van der Waals surface area contributed by atoms with E-state index in [-0.39, 0.29) is 6.03 Å². The van der Waals surface area contributed by atoms with Crippen molar-refractivity contribution in [3.05, 3.63) is 58.1 Å². The zero-order valence-electron chi connectivity index (χ0n) is 10.8. The summed E-state index contributed by atoms with van der Waals surface area (Å²) in [6.45, 7) is 3.99. The normalized spacial score (nSPS) is 10.1. The molecule has 0 radical (unpaired) electrons. The van der Waals surface area contributed by atoms with Gasteiger partial charge in [-0.05, 0) is 49.7 Å². The second-order valence-corrected chi connectivity index (χ2v) is 5.38. The van der Waals surface area contributed by atoms with Crippen molar-refractivity contribution in [3.8, 4) is 0 Å². The molecular formula is C15H15BrN2O. The molecule has 0 fully saturated rings. The average Bonchev–Trinajstić information content (AvgIpc) is 2.30. The number of urea groups is 1. The van der Waals surface area contributed by atoms with Crippen molar-refractivity contribution in [1.29, 1.82) is 0 Å². The van der Waals surface area contributed by atoms with E-state index in [4.69, 9.17) is 0 Å². The van der Waals surface area contributed by atoms with E-state index in [1.807, 2.05) is 56.3 Å². The molecule has 0 heterocycles. The lowest BCUT2D eigenvalue weighted by Crippen LogP contribution is -2.19. The van der Waals surface area contributed by atoms with Gasteiger partial charge in [0.25, 0.3) is 0 Å². The van der Waals surface area contributed by atoms with Crippen molar-refractivity contribution >= 4 is 33.3 Å². The lowest BCUT2D eigenvalue weighted by Gasteiger charge is -2.09. The number of carbonyl (C=O) groups is 1. The number of nitrogens with one attached hydrogen (secondary N) is 2. The molecule has 0 bridgehead atoms. The minimum absolute atomic E-state index is 0.249. The fourth-order valence-corrected chi connectivity index (χ4v) is 2.35. The first-order chi connectivity index (χ1) is 9.02. The molecule has 0 aliphatic carbocycles. The fraction of sp³-hybridized carbons (Fsp3) is 0.133. The number of aryl methyl sites for hydroxylation is 2. The Hall–Kier alpha value is -1.81. The summed E-state index contributed by atoms with van der Waals surface area (Å²) in [5, 5.41) is 5.60. The molecule has 0 aliphatic rings. The maximum atomic E-state index is 11.9. The Morgan fingerprint density at radius 1 is 0.895 bits per heavy atom. The lowest BCUT2D eigenvalue weighted by molar-refractivity contribution is 0.262. The van der Waals surface area contributed by atoms with Crippen LogP contribution in [-0.4, -0.2) is 6.03 Å². The van der Waals surface area contributed by atoms with E-state index in [0.717, 1.165) is 27.0 Å². The number of halogens is 1. The molecule has 19 heavy (non-hydrogen) atoms. The van der Waals surface area contributed by atoms with Gasteiger partial charge in [0.15, 0.2) is 0 Å². The third-order valence-electron chi connectivity index (χ3n) is 2.61. The minimum Gasteiger partial charge on any atom is -0.308 e. The van der Waals surface area contributed by atoms with Crippen LogP contribution in [0.25, 0.3) is 0 Å². The van der Waals surface area contributed by atoms with Crippen LogP contribution in [0, 0.1) is 13.8 Å². The highest BCUT2D eigenvalue weighted by Crippen LogP contribution is 2.19. The zero-order chi connectivity index (χ0) is 13.8. The van der Waals surface area contributed by atoms with Crippen LogP contribution in [0.5, 0.6) is 0 Å². The van der Waals surface area contributed by atoms with Crippen LogP contribution >= 0.6 is 15.9 Å². The monoisotopic (exact) mass is 318 g/mol. The van der Waals surface area contributed by atoms with Crippen LogP contribution < -0.4 is 10.6 Å². The van der Waals surface area contributed by atoms with Crippen molar-refractivity contribution in [3.63, 3.8) is 0 Å². The summed E-state index contributed by atoms with van der Waals surface area (Å²) in [5.74, 6) is 0. The predicted octanol–water partition coefficient (Wildman–Crippen LogP) is 4.71. The van der Waals surface area contributed by atoms with Gasteiger partial charge >= 0.3 is 6.03 Å². The van der Waals surface area contributed by atoms with Crippen LogP contribution in [0.2, 0.25) is 0 Å². The standard InChI is InChI=1S/C15H15BrN2O/c1-10-3-5-13(6-4-10)17-15(19)18-14-8-11(2)7-12(16)9-14/h3-9H,1-2H3,(H2,17,18,19). The van der Waals surface area contributed by atoms with Crippen molar-refractivity contribution in [1.82, 2.24) is 0 Å². The highest BCUT2D eigenvalue weighted by Gasteiger charge is 2.03. The third kappa shape index (κ3) is 4.10. The molecule has 2 aromatic carbocycles. The fourth-order valence-electron chi connectivity index (χ4n) is 1.74. The first-order valence-corrected chi connectivity index (χ1v) is 6.74. The van der Waals surface area contributed by atoms with Crippen LogP contribution in [0.4, 0.5) is 16.2 Å². The van der Waals surface area contributed by atoms with E-state index in [9.17, 15) is 4.79 Å². The van der Waals surface area contributed by atoms with Crippen LogP contribution in [0.1, 0.15) is 11.1 Å². The van der Waals surface area contributed by atoms with Gasteiger partial charge in [0.1, 0.15) is 0 Å². The maximum Gasteiger partial charge on any atom is 0.323 e. The van der Waals surface area contributed by atoms with Gasteiger partial charge in [-0.2, -0.15) is 0 Å². The second kappa shape index (κ2) is 5.89. The van der Waals surface area contributed by atoms with Crippen molar-refractivity contribution in [2.24, 2.45) is 0 Å². The molecule has 2 aromatic rings. The molecule has 0 spiro atoms. The molecule has 0 aromatic heterocycles. The Labute approximate surface area is 121 Å². The van der Waals surface area contributed by atoms with Crippen LogP contribution in [-0.2, 0) is 0 Å². The maximum absolute atomic E-state index is 11.9. The predicted molar refractivity (Wildman–Crippen MR) is 82.7 cm³/mol. The summed E-state index contributed by atoms with van der Waals surface area (Å²) in [4.78, 5) is 11.9. The van der Waals surface area contributed by atoms with Crippen LogP contribution in [0.3, 0.4) is 0 Å². The molecule has 2 N–H and O–H groups in total. The highest BCUT2D eigenvalue weighted by atomic mass is 79.9. The van der Waals surface area contributed by atoms with Gasteiger partial charge < -0.3 is 10.6 Å².